The molecular weight excluding hydrogens is 513 g/mol. The molecule has 2 atom stereocenters. The van der Waals surface area contributed by atoms with Crippen LogP contribution in [0.1, 0.15) is 37.8 Å². The second kappa shape index (κ2) is 9.41. The molecule has 2 aliphatic heterocycles. The fourth-order valence-electron chi connectivity index (χ4n) is 6.37. The third kappa shape index (κ3) is 4.84. The van der Waals surface area contributed by atoms with Crippen molar-refractivity contribution < 1.29 is 22.7 Å². The van der Waals surface area contributed by atoms with Crippen molar-refractivity contribution in [2.24, 2.45) is 5.41 Å². The van der Waals surface area contributed by atoms with Crippen molar-refractivity contribution in [1.82, 2.24) is 14.8 Å². The predicted molar refractivity (Wildman–Crippen MR) is 141 cm³/mol. The first-order valence-corrected chi connectivity index (χ1v) is 13.9. The highest BCUT2D eigenvalue weighted by Crippen LogP contribution is 2.50. The zero-order valence-electron chi connectivity index (χ0n) is 21.4. The van der Waals surface area contributed by atoms with E-state index in [1.165, 1.54) is 23.0 Å². The Balaban J connectivity index is 1.02. The number of alkyl halides is 3. The molecule has 1 spiro atoms. The van der Waals surface area contributed by atoms with E-state index in [0.29, 0.717) is 28.4 Å². The monoisotopic (exact) mass is 544 g/mol. The van der Waals surface area contributed by atoms with Gasteiger partial charge in [0.25, 0.3) is 0 Å². The lowest BCUT2D eigenvalue weighted by Gasteiger charge is -2.58. The maximum absolute atomic E-state index is 13.1. The summed E-state index contributed by atoms with van der Waals surface area (Å²) in [7, 11) is 0. The van der Waals surface area contributed by atoms with E-state index in [1.807, 2.05) is 19.9 Å². The normalized spacial score (nSPS) is 23.9. The Morgan fingerprint density at radius 2 is 1.76 bits per heavy atom. The van der Waals surface area contributed by atoms with Gasteiger partial charge in [-0.3, -0.25) is 9.80 Å². The number of fused-ring (bicyclic) bond motifs is 1. The molecule has 0 bridgehead atoms. The lowest BCUT2D eigenvalue weighted by molar-refractivity contribution is -0.138. The van der Waals surface area contributed by atoms with Crippen molar-refractivity contribution in [2.75, 3.05) is 31.1 Å². The molecule has 38 heavy (non-hydrogen) atoms. The Bertz CT molecular complexity index is 1300. The molecule has 2 saturated heterocycles. The van der Waals surface area contributed by atoms with Gasteiger partial charge in [-0.1, -0.05) is 41.7 Å². The summed E-state index contributed by atoms with van der Waals surface area (Å²) >= 11 is 1.26. The molecule has 0 radical (unpaired) electrons. The van der Waals surface area contributed by atoms with Gasteiger partial charge >= 0.3 is 12.3 Å². The Labute approximate surface area is 224 Å². The summed E-state index contributed by atoms with van der Waals surface area (Å²) in [4.78, 5) is 24.0. The number of thiazole rings is 1. The van der Waals surface area contributed by atoms with Gasteiger partial charge in [0.1, 0.15) is 6.10 Å². The molecule has 3 heterocycles. The van der Waals surface area contributed by atoms with Crippen LogP contribution in [0.5, 0.6) is 0 Å². The van der Waals surface area contributed by atoms with Gasteiger partial charge in [0.05, 0.1) is 27.9 Å². The molecule has 1 aliphatic carbocycles. The molecule has 202 valence electrons. The number of hydrogen-bond acceptors (Lipinski definition) is 6. The van der Waals surface area contributed by atoms with Crippen LogP contribution in [0.15, 0.2) is 48.5 Å². The minimum Gasteiger partial charge on any atom is -0.446 e. The topological polar surface area (TPSA) is 48.9 Å². The number of benzene rings is 2. The van der Waals surface area contributed by atoms with E-state index in [0.717, 1.165) is 44.6 Å². The molecule has 0 unspecified atom stereocenters. The highest BCUT2D eigenvalue weighted by atomic mass is 32.1. The lowest BCUT2D eigenvalue weighted by Crippen LogP contribution is -2.64. The van der Waals surface area contributed by atoms with E-state index >= 15 is 0 Å². The zero-order chi connectivity index (χ0) is 26.7. The zero-order valence-corrected chi connectivity index (χ0v) is 22.3. The van der Waals surface area contributed by atoms with Gasteiger partial charge in [-0.05, 0) is 50.5 Å². The maximum Gasteiger partial charge on any atom is 0.416 e. The van der Waals surface area contributed by atoms with E-state index in [2.05, 4.69) is 39.0 Å². The quantitative estimate of drug-likeness (QED) is 0.402. The number of piperazine rings is 1. The third-order valence-corrected chi connectivity index (χ3v) is 9.14. The van der Waals surface area contributed by atoms with Crippen LogP contribution in [0.3, 0.4) is 0 Å². The van der Waals surface area contributed by atoms with Crippen LogP contribution >= 0.6 is 11.3 Å². The molecule has 0 N–H and O–H groups in total. The molecule has 10 heteroatoms. The molecule has 1 amide bonds. The van der Waals surface area contributed by atoms with Crippen LogP contribution in [0.25, 0.3) is 10.2 Å². The molecule has 3 aliphatic rings. The van der Waals surface area contributed by atoms with E-state index in [1.54, 1.807) is 4.90 Å². The summed E-state index contributed by atoms with van der Waals surface area (Å²) in [6, 6.07) is 13.9. The minimum atomic E-state index is -4.38. The number of aromatic nitrogens is 1. The van der Waals surface area contributed by atoms with E-state index in [-0.39, 0.29) is 29.7 Å². The molecular formula is C28H31F3N4O2S. The van der Waals surface area contributed by atoms with Crippen LogP contribution in [-0.4, -0.2) is 65.2 Å². The highest BCUT2D eigenvalue weighted by Gasteiger charge is 2.54. The van der Waals surface area contributed by atoms with Gasteiger partial charge in [0.15, 0.2) is 5.13 Å². The number of rotatable bonds is 4. The number of halogens is 3. The minimum absolute atomic E-state index is 0.0362. The highest BCUT2D eigenvalue weighted by molar-refractivity contribution is 7.22. The Hall–Kier alpha value is -2.85. The van der Waals surface area contributed by atoms with Gasteiger partial charge < -0.3 is 9.64 Å². The summed E-state index contributed by atoms with van der Waals surface area (Å²) in [5.41, 5.74) is 1.49. The second-order valence-corrected chi connectivity index (χ2v) is 12.2. The molecule has 3 fully saturated rings. The summed E-state index contributed by atoms with van der Waals surface area (Å²) in [6.45, 7) is 8.12. The predicted octanol–water partition coefficient (Wildman–Crippen LogP) is 6.02. The standard InChI is InChI=1S/C28H31F3N4O2S/c1-18-13-34(25-32-23-9-8-21(28(29,30)31)10-24(23)38-25)14-19(2)35(18)26(36)37-22-11-27(12-22)16-33(17-27)15-20-6-4-3-5-7-20/h3-10,18-19,22H,11-17H2,1-2H3/t18-,19-/m1/s1. The van der Waals surface area contributed by atoms with Gasteiger partial charge in [-0.25, -0.2) is 9.78 Å². The Kier molecular flexibility index (Phi) is 6.30. The number of ether oxygens (including phenoxy) is 1. The summed E-state index contributed by atoms with van der Waals surface area (Å²) in [6.07, 6.45) is -2.86. The molecule has 2 aromatic carbocycles. The van der Waals surface area contributed by atoms with Gasteiger partial charge in [-0.2, -0.15) is 13.2 Å². The number of amides is 1. The first kappa shape index (κ1) is 25.4. The van der Waals surface area contributed by atoms with Crippen LogP contribution in [0.2, 0.25) is 0 Å². The smallest absolute Gasteiger partial charge is 0.416 e. The van der Waals surface area contributed by atoms with Crippen LogP contribution < -0.4 is 4.90 Å². The van der Waals surface area contributed by atoms with E-state index < -0.39 is 11.7 Å². The fraction of sp³-hybridized carbons (Fsp3) is 0.500. The number of hydrogen-bond donors (Lipinski definition) is 0. The fourth-order valence-corrected chi connectivity index (χ4v) is 7.39. The van der Waals surface area contributed by atoms with Crippen molar-refractivity contribution >= 4 is 32.8 Å². The van der Waals surface area contributed by atoms with Crippen molar-refractivity contribution in [3.05, 3.63) is 59.7 Å². The number of carbonyl (C=O) groups is 1. The summed E-state index contributed by atoms with van der Waals surface area (Å²) in [5, 5.41) is 0.678. The van der Waals surface area contributed by atoms with Crippen LogP contribution in [0.4, 0.5) is 23.1 Å². The molecule has 1 saturated carbocycles. The van der Waals surface area contributed by atoms with Gasteiger partial charge in [0.2, 0.25) is 0 Å². The van der Waals surface area contributed by atoms with Gasteiger partial charge in [0, 0.05) is 38.1 Å². The Morgan fingerprint density at radius 1 is 1.08 bits per heavy atom. The average molecular weight is 545 g/mol. The van der Waals surface area contributed by atoms with E-state index in [4.69, 9.17) is 4.74 Å². The second-order valence-electron chi connectivity index (χ2n) is 11.2. The summed E-state index contributed by atoms with van der Waals surface area (Å²) < 4.78 is 45.7. The third-order valence-electron chi connectivity index (χ3n) is 8.06. The number of anilines is 1. The lowest BCUT2D eigenvalue weighted by atomic mass is 9.61. The first-order valence-electron chi connectivity index (χ1n) is 13.1. The Morgan fingerprint density at radius 3 is 2.42 bits per heavy atom. The van der Waals surface area contributed by atoms with Crippen molar-refractivity contribution in [3.8, 4) is 0 Å². The van der Waals surface area contributed by atoms with Crippen molar-refractivity contribution in [1.29, 1.82) is 0 Å². The van der Waals surface area contributed by atoms with Gasteiger partial charge in [-0.15, -0.1) is 0 Å². The molecule has 1 aromatic heterocycles. The maximum atomic E-state index is 13.1. The number of carbonyl (C=O) groups excluding carboxylic acids is 1. The van der Waals surface area contributed by atoms with Crippen LogP contribution in [-0.2, 0) is 17.5 Å². The SMILES string of the molecule is C[C@@H]1CN(c2nc3ccc(C(F)(F)F)cc3s2)C[C@@H](C)N1C(=O)OC1CC2(C1)CN(Cc1ccccc1)C2. The van der Waals surface area contributed by atoms with Crippen molar-refractivity contribution in [2.45, 2.75) is 57.6 Å². The molecule has 6 rings (SSSR count). The number of likely N-dealkylation sites (tertiary alicyclic amines) is 1. The average Bonchev–Trinajstić information content (AvgIpc) is 3.24. The van der Waals surface area contributed by atoms with Crippen LogP contribution in [0, 0.1) is 5.41 Å². The van der Waals surface area contributed by atoms with E-state index in [9.17, 15) is 18.0 Å². The van der Waals surface area contributed by atoms with Crippen molar-refractivity contribution in [3.63, 3.8) is 0 Å². The number of nitrogens with zero attached hydrogens (tertiary/aromatic N) is 4. The molecule has 6 nitrogen and oxygen atoms in total. The molecule has 3 aromatic rings. The summed E-state index contributed by atoms with van der Waals surface area (Å²) in [5.74, 6) is 0. The largest absolute Gasteiger partial charge is 0.446 e. The first-order chi connectivity index (χ1) is 18.1.